The third-order valence-electron chi connectivity index (χ3n) is 7.26. The molecule has 43 heavy (non-hydrogen) atoms. The second-order valence-corrected chi connectivity index (χ2v) is 11.3. The van der Waals surface area contributed by atoms with Gasteiger partial charge in [0.05, 0.1) is 22.4 Å². The largest absolute Gasteiger partial charge is 0.488 e. The number of carbonyl (C=O) groups excluding carboxylic acids is 1. The van der Waals surface area contributed by atoms with Gasteiger partial charge >= 0.3 is 5.97 Å². The van der Waals surface area contributed by atoms with E-state index in [1.54, 1.807) is 56.3 Å². The number of halogens is 2. The first kappa shape index (κ1) is 28.6. The number of thiazole rings is 1. The number of esters is 1. The molecule has 6 nitrogen and oxygen atoms in total. The van der Waals surface area contributed by atoms with Crippen molar-refractivity contribution in [3.63, 3.8) is 0 Å². The average Bonchev–Trinajstić information content (AvgIpc) is 3.31. The van der Waals surface area contributed by atoms with Crippen molar-refractivity contribution in [2.75, 3.05) is 6.61 Å². The zero-order chi connectivity index (χ0) is 30.1. The third kappa shape index (κ3) is 5.40. The summed E-state index contributed by atoms with van der Waals surface area (Å²) in [5.74, 6) is -0.412. The highest BCUT2D eigenvalue weighted by atomic mass is 35.5. The van der Waals surface area contributed by atoms with Crippen LogP contribution in [-0.2, 0) is 16.1 Å². The number of fused-ring (bicyclic) bond motifs is 2. The van der Waals surface area contributed by atoms with E-state index in [1.165, 1.54) is 22.0 Å². The molecule has 0 N–H and O–H groups in total. The van der Waals surface area contributed by atoms with Crippen molar-refractivity contribution in [3.05, 3.63) is 143 Å². The average molecular weight is 613 g/mol. The summed E-state index contributed by atoms with van der Waals surface area (Å²) >= 11 is 7.83. The van der Waals surface area contributed by atoms with Crippen molar-refractivity contribution in [3.8, 4) is 5.75 Å². The molecule has 1 aliphatic heterocycles. The van der Waals surface area contributed by atoms with Gasteiger partial charge in [-0.15, -0.1) is 0 Å². The predicted octanol–water partition coefficient (Wildman–Crippen LogP) is 6.32. The quantitative estimate of drug-likeness (QED) is 0.202. The number of nitrogens with zero attached hydrogens (tertiary/aromatic N) is 2. The predicted molar refractivity (Wildman–Crippen MR) is 167 cm³/mol. The number of allylic oxidation sites excluding steroid dienone is 1. The molecule has 5 aromatic rings. The van der Waals surface area contributed by atoms with Crippen LogP contribution >= 0.6 is 22.9 Å². The topological polar surface area (TPSA) is 69.9 Å². The van der Waals surface area contributed by atoms with Crippen LogP contribution in [0.5, 0.6) is 5.75 Å². The fourth-order valence-electron chi connectivity index (χ4n) is 5.24. The minimum atomic E-state index is -0.824. The summed E-state index contributed by atoms with van der Waals surface area (Å²) in [5, 5.41) is 2.23. The Kier molecular flexibility index (Phi) is 7.97. The van der Waals surface area contributed by atoms with Gasteiger partial charge in [0.15, 0.2) is 4.80 Å². The van der Waals surface area contributed by atoms with Gasteiger partial charge in [0.25, 0.3) is 5.56 Å². The molecule has 6 rings (SSSR count). The van der Waals surface area contributed by atoms with Crippen molar-refractivity contribution in [1.29, 1.82) is 0 Å². The zero-order valence-electron chi connectivity index (χ0n) is 23.3. The van der Waals surface area contributed by atoms with E-state index in [2.05, 4.69) is 4.99 Å². The van der Waals surface area contributed by atoms with Gasteiger partial charge < -0.3 is 9.47 Å². The normalized spacial score (nSPS) is 14.9. The van der Waals surface area contributed by atoms with Gasteiger partial charge in [0.2, 0.25) is 0 Å². The summed E-state index contributed by atoms with van der Waals surface area (Å²) < 4.78 is 27.8. The monoisotopic (exact) mass is 612 g/mol. The maximum Gasteiger partial charge on any atom is 0.338 e. The van der Waals surface area contributed by atoms with E-state index in [-0.39, 0.29) is 30.2 Å². The Morgan fingerprint density at radius 2 is 1.79 bits per heavy atom. The Balaban J connectivity index is 1.54. The van der Waals surface area contributed by atoms with Gasteiger partial charge in [-0.1, -0.05) is 89.7 Å². The number of rotatable bonds is 7. The van der Waals surface area contributed by atoms with Crippen LogP contribution in [0, 0.1) is 5.82 Å². The standard InChI is InChI=1S/C34H26ClFN2O4S/c1-3-41-33(40)30-20(2)37-34-38(31(30)24-13-7-8-14-26(24)35)32(39)29(43-34)18-25-23-12-6-4-10-21(23)16-17-28(25)42-19-22-11-5-9-15-27(22)36/h4-18,31H,3,19H2,1-2H3/b29-18-/t31-/m1/s1. The molecule has 0 aliphatic carbocycles. The van der Waals surface area contributed by atoms with Crippen LogP contribution in [0.4, 0.5) is 4.39 Å². The highest BCUT2D eigenvalue weighted by Crippen LogP contribution is 2.35. The Bertz CT molecular complexity index is 2100. The lowest BCUT2D eigenvalue weighted by atomic mass is 9.96. The number of aromatic nitrogens is 1. The molecule has 216 valence electrons. The van der Waals surface area contributed by atoms with Crippen LogP contribution in [0.1, 0.15) is 36.6 Å². The molecule has 0 spiro atoms. The van der Waals surface area contributed by atoms with Gasteiger partial charge in [0.1, 0.15) is 24.2 Å². The molecule has 1 aliphatic rings. The maximum atomic E-state index is 14.4. The van der Waals surface area contributed by atoms with Crippen LogP contribution in [0.3, 0.4) is 0 Å². The molecule has 1 atom stereocenters. The number of benzene rings is 4. The molecular formula is C34H26ClFN2O4S. The molecule has 4 aromatic carbocycles. The molecule has 0 bridgehead atoms. The number of hydrogen-bond acceptors (Lipinski definition) is 6. The molecule has 0 radical (unpaired) electrons. The number of ether oxygens (including phenoxy) is 2. The van der Waals surface area contributed by atoms with Crippen molar-refractivity contribution in [2.45, 2.75) is 26.5 Å². The number of hydrogen-bond donors (Lipinski definition) is 0. The summed E-state index contributed by atoms with van der Waals surface area (Å²) in [5.41, 5.74) is 2.06. The van der Waals surface area contributed by atoms with Gasteiger partial charge in [-0.3, -0.25) is 9.36 Å². The summed E-state index contributed by atoms with van der Waals surface area (Å²) in [6, 6.07) is 24.3. The smallest absolute Gasteiger partial charge is 0.338 e. The minimum absolute atomic E-state index is 0.0156. The molecule has 0 saturated carbocycles. The molecular weight excluding hydrogens is 587 g/mol. The summed E-state index contributed by atoms with van der Waals surface area (Å²) in [6.07, 6.45) is 1.77. The SMILES string of the molecule is CCOC(=O)C1=C(C)N=c2s/c(=C\c3c(OCc4ccccc4F)ccc4ccccc34)c(=O)n2[C@@H]1c1ccccc1Cl. The first-order valence-corrected chi connectivity index (χ1v) is 14.9. The van der Waals surface area contributed by atoms with Crippen molar-refractivity contribution >= 4 is 45.8 Å². The lowest BCUT2D eigenvalue weighted by molar-refractivity contribution is -0.139. The Labute approximate surface area is 255 Å². The van der Waals surface area contributed by atoms with Crippen LogP contribution in [-0.4, -0.2) is 17.1 Å². The zero-order valence-corrected chi connectivity index (χ0v) is 24.9. The first-order valence-electron chi connectivity index (χ1n) is 13.7. The Hall–Kier alpha value is -4.53. The van der Waals surface area contributed by atoms with Crippen LogP contribution in [0.2, 0.25) is 5.02 Å². The minimum Gasteiger partial charge on any atom is -0.488 e. The summed E-state index contributed by atoms with van der Waals surface area (Å²) in [7, 11) is 0. The number of carbonyl (C=O) groups is 1. The van der Waals surface area contributed by atoms with Crippen molar-refractivity contribution < 1.29 is 18.7 Å². The first-order chi connectivity index (χ1) is 20.9. The van der Waals surface area contributed by atoms with Crippen molar-refractivity contribution in [1.82, 2.24) is 4.57 Å². The molecule has 2 heterocycles. The van der Waals surface area contributed by atoms with E-state index in [1.807, 2.05) is 42.5 Å². The second-order valence-electron chi connectivity index (χ2n) is 9.90. The molecule has 0 fully saturated rings. The molecule has 9 heteroatoms. The van der Waals surface area contributed by atoms with E-state index in [4.69, 9.17) is 21.1 Å². The third-order valence-corrected chi connectivity index (χ3v) is 8.59. The Morgan fingerprint density at radius 1 is 1.05 bits per heavy atom. The highest BCUT2D eigenvalue weighted by Gasteiger charge is 2.34. The van der Waals surface area contributed by atoms with E-state index in [0.717, 1.165) is 10.8 Å². The van der Waals surface area contributed by atoms with Gasteiger partial charge in [-0.2, -0.15) is 0 Å². The molecule has 0 unspecified atom stereocenters. The maximum absolute atomic E-state index is 14.4. The van der Waals surface area contributed by atoms with Gasteiger partial charge in [0, 0.05) is 16.1 Å². The van der Waals surface area contributed by atoms with E-state index >= 15 is 0 Å². The van der Waals surface area contributed by atoms with Gasteiger partial charge in [-0.25, -0.2) is 14.2 Å². The van der Waals surface area contributed by atoms with E-state index in [9.17, 15) is 14.0 Å². The van der Waals surface area contributed by atoms with Gasteiger partial charge in [-0.05, 0) is 54.5 Å². The second kappa shape index (κ2) is 12.0. The summed E-state index contributed by atoms with van der Waals surface area (Å²) in [4.78, 5) is 32.5. The van der Waals surface area contributed by atoms with Crippen molar-refractivity contribution in [2.24, 2.45) is 4.99 Å². The fraction of sp³-hybridized carbons (Fsp3) is 0.147. The highest BCUT2D eigenvalue weighted by molar-refractivity contribution is 7.07. The van der Waals surface area contributed by atoms with Crippen LogP contribution in [0.25, 0.3) is 16.8 Å². The fourth-order valence-corrected chi connectivity index (χ4v) is 6.50. The lowest BCUT2D eigenvalue weighted by Gasteiger charge is -2.25. The summed E-state index contributed by atoms with van der Waals surface area (Å²) in [6.45, 7) is 3.64. The molecule has 1 aromatic heterocycles. The van der Waals surface area contributed by atoms with E-state index < -0.39 is 12.0 Å². The Morgan fingerprint density at radius 3 is 2.58 bits per heavy atom. The molecule has 0 saturated heterocycles. The van der Waals surface area contributed by atoms with E-state index in [0.29, 0.717) is 42.5 Å². The molecule has 0 amide bonds. The lowest BCUT2D eigenvalue weighted by Crippen LogP contribution is -2.40. The van der Waals surface area contributed by atoms with Crippen LogP contribution in [0.15, 0.2) is 106 Å². The van der Waals surface area contributed by atoms with Crippen LogP contribution < -0.4 is 19.6 Å².